The second-order valence-corrected chi connectivity index (χ2v) is 8.44. The Hall–Kier alpha value is -2.61. The Morgan fingerprint density at radius 3 is 2.55 bits per heavy atom. The number of amides is 1. The summed E-state index contributed by atoms with van der Waals surface area (Å²) in [5, 5.41) is 21.3. The number of nitrogens with zero attached hydrogens (tertiary/aromatic N) is 1. The van der Waals surface area contributed by atoms with Crippen molar-refractivity contribution in [2.45, 2.75) is 64.1 Å². The van der Waals surface area contributed by atoms with Crippen molar-refractivity contribution < 1.29 is 29.3 Å². The zero-order valence-electron chi connectivity index (χ0n) is 17.4. The number of likely N-dealkylation sites (N-methyl/N-ethyl adjacent to an activating group) is 1. The van der Waals surface area contributed by atoms with Gasteiger partial charge in [0, 0.05) is 25.9 Å². The number of aryl methyl sites for hydroxylation is 1. The van der Waals surface area contributed by atoms with E-state index in [2.05, 4.69) is 5.32 Å². The van der Waals surface area contributed by atoms with Gasteiger partial charge in [-0.3, -0.25) is 9.59 Å². The quantitative estimate of drug-likeness (QED) is 0.360. The van der Waals surface area contributed by atoms with E-state index in [-0.39, 0.29) is 13.2 Å². The number of hydrogen-bond acceptors (Lipinski definition) is 6. The average molecular weight is 406 g/mol. The fourth-order valence-corrected chi connectivity index (χ4v) is 3.36. The molecule has 1 aromatic rings. The molecule has 29 heavy (non-hydrogen) atoms. The molecule has 8 heteroatoms. The first kappa shape index (κ1) is 22.7. The normalized spacial score (nSPS) is 19.2. The van der Waals surface area contributed by atoms with Gasteiger partial charge in [0.15, 0.2) is 0 Å². The monoisotopic (exact) mass is 406 g/mol. The van der Waals surface area contributed by atoms with Crippen LogP contribution in [0.4, 0.5) is 5.69 Å². The van der Waals surface area contributed by atoms with Crippen LogP contribution in [0.2, 0.25) is 0 Å². The lowest BCUT2D eigenvalue weighted by Gasteiger charge is -2.34. The molecule has 3 N–H and O–H groups in total. The minimum Gasteiger partial charge on any atom is -0.481 e. The number of aliphatic carboxylic acids is 1. The van der Waals surface area contributed by atoms with Gasteiger partial charge in [0.05, 0.1) is 6.42 Å². The van der Waals surface area contributed by atoms with Crippen LogP contribution in [-0.4, -0.2) is 57.8 Å². The van der Waals surface area contributed by atoms with Crippen molar-refractivity contribution in [3.63, 3.8) is 0 Å². The molecule has 0 saturated heterocycles. The highest BCUT2D eigenvalue weighted by Gasteiger charge is 2.53. The van der Waals surface area contributed by atoms with Crippen molar-refractivity contribution in [1.82, 2.24) is 4.90 Å². The van der Waals surface area contributed by atoms with Crippen molar-refractivity contribution in [1.29, 1.82) is 0 Å². The molecule has 1 aromatic carbocycles. The Labute approximate surface area is 170 Å². The van der Waals surface area contributed by atoms with Gasteiger partial charge in [-0.2, -0.15) is 0 Å². The van der Waals surface area contributed by atoms with Crippen molar-refractivity contribution in [3.05, 3.63) is 29.3 Å². The standard InChI is InChI=1S/C21H30N2O6/c1-20(2,3)29-19(28)21(12-17(25)26)18(27)23(4)13-15-11-14(7-5-6-10-24)8-9-16(15)22-21/h8-9,11,22,24H,5-7,10,12-13H2,1-4H3,(H,25,26). The molecule has 0 aliphatic carbocycles. The minimum atomic E-state index is -2.04. The maximum atomic E-state index is 13.2. The predicted molar refractivity (Wildman–Crippen MR) is 107 cm³/mol. The molecule has 1 aliphatic rings. The molecule has 0 radical (unpaired) electrons. The summed E-state index contributed by atoms with van der Waals surface area (Å²) in [5.74, 6) is -2.84. The molecule has 1 aliphatic heterocycles. The van der Waals surface area contributed by atoms with Crippen molar-refractivity contribution in [2.75, 3.05) is 19.0 Å². The summed E-state index contributed by atoms with van der Waals surface area (Å²) < 4.78 is 5.42. The van der Waals surface area contributed by atoms with E-state index in [4.69, 9.17) is 9.84 Å². The lowest BCUT2D eigenvalue weighted by molar-refractivity contribution is -0.168. The third kappa shape index (κ3) is 5.47. The average Bonchev–Trinajstić information content (AvgIpc) is 2.69. The second kappa shape index (κ2) is 8.82. The second-order valence-electron chi connectivity index (χ2n) is 8.44. The molecule has 1 unspecified atom stereocenters. The summed E-state index contributed by atoms with van der Waals surface area (Å²) in [7, 11) is 1.54. The van der Waals surface area contributed by atoms with Gasteiger partial charge >= 0.3 is 11.9 Å². The van der Waals surface area contributed by atoms with E-state index in [9.17, 15) is 19.5 Å². The van der Waals surface area contributed by atoms with Crippen LogP contribution in [-0.2, 0) is 32.1 Å². The number of carbonyl (C=O) groups is 3. The highest BCUT2D eigenvalue weighted by atomic mass is 16.6. The number of hydrogen-bond donors (Lipinski definition) is 3. The van der Waals surface area contributed by atoms with E-state index in [1.54, 1.807) is 33.9 Å². The molecule has 0 spiro atoms. The number of carboxylic acid groups (broad SMARTS) is 1. The van der Waals surface area contributed by atoms with Gasteiger partial charge in [-0.15, -0.1) is 0 Å². The number of aliphatic hydroxyl groups is 1. The van der Waals surface area contributed by atoms with E-state index in [1.807, 2.05) is 12.1 Å². The highest BCUT2D eigenvalue weighted by Crippen LogP contribution is 2.32. The SMILES string of the molecule is CN1Cc2cc(CCCCO)ccc2NC(CC(=O)O)(C(=O)OC(C)(C)C)C1=O. The topological polar surface area (TPSA) is 116 Å². The van der Waals surface area contributed by atoms with Crippen LogP contribution in [0.3, 0.4) is 0 Å². The van der Waals surface area contributed by atoms with E-state index in [0.717, 1.165) is 24.0 Å². The number of carboxylic acids is 1. The molecule has 0 aromatic heterocycles. The van der Waals surface area contributed by atoms with E-state index >= 15 is 0 Å². The first-order valence-corrected chi connectivity index (χ1v) is 9.70. The van der Waals surface area contributed by atoms with Crippen LogP contribution in [0.5, 0.6) is 0 Å². The van der Waals surface area contributed by atoms with Gasteiger partial charge in [0.2, 0.25) is 5.54 Å². The Kier molecular flexibility index (Phi) is 6.89. The number of esters is 1. The number of carbonyl (C=O) groups excluding carboxylic acids is 2. The molecule has 0 bridgehead atoms. The highest BCUT2D eigenvalue weighted by molar-refractivity contribution is 6.13. The largest absolute Gasteiger partial charge is 0.481 e. The van der Waals surface area contributed by atoms with Crippen molar-refractivity contribution in [2.24, 2.45) is 0 Å². The molecule has 160 valence electrons. The fourth-order valence-electron chi connectivity index (χ4n) is 3.36. The van der Waals surface area contributed by atoms with E-state index in [0.29, 0.717) is 12.1 Å². The fraction of sp³-hybridized carbons (Fsp3) is 0.571. The smallest absolute Gasteiger partial charge is 0.342 e. The molecule has 1 amide bonds. The molecule has 2 rings (SSSR count). The van der Waals surface area contributed by atoms with Gasteiger partial charge in [-0.1, -0.05) is 12.1 Å². The number of unbranched alkanes of at least 4 members (excludes halogenated alkanes) is 1. The summed E-state index contributed by atoms with van der Waals surface area (Å²) in [6, 6.07) is 5.58. The number of ether oxygens (including phenoxy) is 1. The molecule has 0 saturated carbocycles. The van der Waals surface area contributed by atoms with Gasteiger partial charge in [-0.25, -0.2) is 4.79 Å². The zero-order valence-corrected chi connectivity index (χ0v) is 17.4. The number of nitrogens with one attached hydrogen (secondary N) is 1. The minimum absolute atomic E-state index is 0.136. The molecule has 0 fully saturated rings. The van der Waals surface area contributed by atoms with Crippen LogP contribution in [0.15, 0.2) is 18.2 Å². The van der Waals surface area contributed by atoms with Gasteiger partial charge in [-0.05, 0) is 57.2 Å². The van der Waals surface area contributed by atoms with Crippen LogP contribution < -0.4 is 5.32 Å². The summed E-state index contributed by atoms with van der Waals surface area (Å²) in [6.45, 7) is 5.36. The van der Waals surface area contributed by atoms with Crippen LogP contribution in [0.25, 0.3) is 0 Å². The van der Waals surface area contributed by atoms with E-state index in [1.165, 1.54) is 4.90 Å². The summed E-state index contributed by atoms with van der Waals surface area (Å²) >= 11 is 0. The lowest BCUT2D eigenvalue weighted by atomic mass is 9.92. The molecular weight excluding hydrogens is 376 g/mol. The third-order valence-corrected chi connectivity index (χ3v) is 4.67. The molecule has 1 heterocycles. The maximum absolute atomic E-state index is 13.2. The van der Waals surface area contributed by atoms with Crippen LogP contribution in [0, 0.1) is 0 Å². The first-order chi connectivity index (χ1) is 13.5. The first-order valence-electron chi connectivity index (χ1n) is 9.70. The summed E-state index contributed by atoms with van der Waals surface area (Å²) in [5.41, 5.74) is -0.562. The Bertz CT molecular complexity index is 786. The van der Waals surface area contributed by atoms with Crippen molar-refractivity contribution in [3.8, 4) is 0 Å². The number of rotatable bonds is 7. The Morgan fingerprint density at radius 2 is 1.97 bits per heavy atom. The van der Waals surface area contributed by atoms with Gasteiger partial charge < -0.3 is 25.2 Å². The van der Waals surface area contributed by atoms with E-state index < -0.39 is 35.4 Å². The third-order valence-electron chi connectivity index (χ3n) is 4.67. The summed E-state index contributed by atoms with van der Waals surface area (Å²) in [4.78, 5) is 39.1. The lowest BCUT2D eigenvalue weighted by Crippen LogP contribution is -2.60. The number of benzene rings is 1. The zero-order chi connectivity index (χ0) is 21.8. The number of anilines is 1. The Balaban J connectivity index is 2.46. The van der Waals surface area contributed by atoms with Crippen molar-refractivity contribution >= 4 is 23.5 Å². The van der Waals surface area contributed by atoms with Crippen LogP contribution in [0.1, 0.15) is 51.2 Å². The Morgan fingerprint density at radius 1 is 1.28 bits per heavy atom. The molecular formula is C21H30N2O6. The van der Waals surface area contributed by atoms with Gasteiger partial charge in [0.25, 0.3) is 5.91 Å². The summed E-state index contributed by atoms with van der Waals surface area (Å²) in [6.07, 6.45) is 1.58. The number of fused-ring (bicyclic) bond motifs is 1. The van der Waals surface area contributed by atoms with Crippen LogP contribution >= 0.6 is 0 Å². The predicted octanol–water partition coefficient (Wildman–Crippen LogP) is 1.94. The number of aliphatic hydroxyl groups excluding tert-OH is 1. The molecule has 8 nitrogen and oxygen atoms in total. The maximum Gasteiger partial charge on any atom is 0.342 e. The van der Waals surface area contributed by atoms with Gasteiger partial charge in [0.1, 0.15) is 5.60 Å². The molecule has 1 atom stereocenters.